The summed E-state index contributed by atoms with van der Waals surface area (Å²) in [5.74, 6) is 0.960. The molecule has 1 fully saturated rings. The molecule has 1 aliphatic heterocycles. The van der Waals surface area contributed by atoms with Crippen LogP contribution in [0.15, 0.2) is 18.2 Å². The average Bonchev–Trinajstić information content (AvgIpc) is 2.34. The van der Waals surface area contributed by atoms with Gasteiger partial charge in [0.15, 0.2) is 0 Å². The van der Waals surface area contributed by atoms with Crippen LogP contribution in [0.2, 0.25) is 0 Å². The highest BCUT2D eigenvalue weighted by molar-refractivity contribution is 5.44. The zero-order chi connectivity index (χ0) is 14.1. The van der Waals surface area contributed by atoms with Crippen LogP contribution in [-0.4, -0.2) is 26.9 Å². The van der Waals surface area contributed by atoms with Crippen molar-refractivity contribution in [2.24, 2.45) is 11.1 Å². The SMILES string of the molecule is COc1ccc(C)cc1C1(CC(C)(C)CN)COC1. The molecule has 106 valence electrons. The van der Waals surface area contributed by atoms with Gasteiger partial charge in [0.05, 0.1) is 20.3 Å². The Hall–Kier alpha value is -1.06. The van der Waals surface area contributed by atoms with Crippen LogP contribution in [-0.2, 0) is 10.2 Å². The number of ether oxygens (including phenoxy) is 2. The van der Waals surface area contributed by atoms with Gasteiger partial charge in [-0.3, -0.25) is 0 Å². The number of nitrogens with two attached hydrogens (primary N) is 1. The first-order chi connectivity index (χ1) is 8.92. The van der Waals surface area contributed by atoms with Crippen LogP contribution in [0.4, 0.5) is 0 Å². The second kappa shape index (κ2) is 5.14. The van der Waals surface area contributed by atoms with Crippen LogP contribution >= 0.6 is 0 Å². The Bertz CT molecular complexity index is 450. The third kappa shape index (κ3) is 2.77. The molecule has 1 aliphatic rings. The molecule has 1 aromatic carbocycles. The Balaban J connectivity index is 2.38. The Morgan fingerprint density at radius 2 is 2.05 bits per heavy atom. The summed E-state index contributed by atoms with van der Waals surface area (Å²) in [7, 11) is 1.73. The van der Waals surface area contributed by atoms with Crippen molar-refractivity contribution >= 4 is 0 Å². The molecule has 2 rings (SSSR count). The first-order valence-electron chi connectivity index (χ1n) is 6.85. The van der Waals surface area contributed by atoms with Gasteiger partial charge < -0.3 is 15.2 Å². The summed E-state index contributed by atoms with van der Waals surface area (Å²) in [6, 6.07) is 6.37. The molecule has 19 heavy (non-hydrogen) atoms. The fraction of sp³-hybridized carbons (Fsp3) is 0.625. The summed E-state index contributed by atoms with van der Waals surface area (Å²) in [5.41, 5.74) is 8.59. The highest BCUT2D eigenvalue weighted by Crippen LogP contribution is 2.45. The van der Waals surface area contributed by atoms with E-state index < -0.39 is 0 Å². The lowest BCUT2D eigenvalue weighted by Gasteiger charge is -2.46. The van der Waals surface area contributed by atoms with E-state index in [1.54, 1.807) is 7.11 Å². The lowest BCUT2D eigenvalue weighted by atomic mass is 9.67. The molecule has 3 heteroatoms. The molecule has 2 N–H and O–H groups in total. The van der Waals surface area contributed by atoms with Gasteiger partial charge in [-0.2, -0.15) is 0 Å². The van der Waals surface area contributed by atoms with Crippen molar-refractivity contribution < 1.29 is 9.47 Å². The lowest BCUT2D eigenvalue weighted by Crippen LogP contribution is -2.50. The Morgan fingerprint density at radius 1 is 1.37 bits per heavy atom. The molecule has 0 spiro atoms. The van der Waals surface area contributed by atoms with Crippen LogP contribution in [0.3, 0.4) is 0 Å². The van der Waals surface area contributed by atoms with Gasteiger partial charge in [-0.25, -0.2) is 0 Å². The van der Waals surface area contributed by atoms with Crippen LogP contribution in [0.5, 0.6) is 5.75 Å². The van der Waals surface area contributed by atoms with E-state index in [9.17, 15) is 0 Å². The van der Waals surface area contributed by atoms with Gasteiger partial charge in [0.2, 0.25) is 0 Å². The van der Waals surface area contributed by atoms with Gasteiger partial charge in [0, 0.05) is 11.0 Å². The number of hydrogen-bond donors (Lipinski definition) is 1. The molecule has 0 radical (unpaired) electrons. The summed E-state index contributed by atoms with van der Waals surface area (Å²) in [6.45, 7) is 8.75. The van der Waals surface area contributed by atoms with E-state index in [2.05, 4.69) is 39.0 Å². The minimum Gasteiger partial charge on any atom is -0.496 e. The minimum atomic E-state index is 0.0558. The van der Waals surface area contributed by atoms with Gasteiger partial charge in [0.25, 0.3) is 0 Å². The van der Waals surface area contributed by atoms with Crippen molar-refractivity contribution in [3.63, 3.8) is 0 Å². The smallest absolute Gasteiger partial charge is 0.122 e. The predicted octanol–water partition coefficient (Wildman–Crippen LogP) is 2.65. The average molecular weight is 263 g/mol. The van der Waals surface area contributed by atoms with Gasteiger partial charge in [0.1, 0.15) is 5.75 Å². The van der Waals surface area contributed by atoms with E-state index in [1.807, 2.05) is 0 Å². The topological polar surface area (TPSA) is 44.5 Å². The van der Waals surface area contributed by atoms with Gasteiger partial charge >= 0.3 is 0 Å². The predicted molar refractivity (Wildman–Crippen MR) is 77.7 cm³/mol. The van der Waals surface area contributed by atoms with Crippen molar-refractivity contribution in [3.8, 4) is 5.75 Å². The third-order valence-corrected chi connectivity index (χ3v) is 4.05. The maximum atomic E-state index is 5.90. The van der Waals surface area contributed by atoms with E-state index >= 15 is 0 Å². The van der Waals surface area contributed by atoms with E-state index in [-0.39, 0.29) is 10.8 Å². The molecule has 0 atom stereocenters. The Morgan fingerprint density at radius 3 is 2.53 bits per heavy atom. The van der Waals surface area contributed by atoms with E-state index in [0.29, 0.717) is 6.54 Å². The van der Waals surface area contributed by atoms with Gasteiger partial charge in [-0.15, -0.1) is 0 Å². The molecule has 0 aromatic heterocycles. The summed E-state index contributed by atoms with van der Waals surface area (Å²) in [6.07, 6.45) is 1.02. The number of methoxy groups -OCH3 is 1. The first kappa shape index (κ1) is 14.4. The Kier molecular flexibility index (Phi) is 3.88. The van der Waals surface area contributed by atoms with E-state index in [4.69, 9.17) is 15.2 Å². The Labute approximate surface area is 116 Å². The second-order valence-electron chi connectivity index (χ2n) is 6.52. The number of benzene rings is 1. The number of aryl methyl sites for hydroxylation is 1. The fourth-order valence-corrected chi connectivity index (χ4v) is 2.93. The van der Waals surface area contributed by atoms with Crippen LogP contribution in [0, 0.1) is 12.3 Å². The maximum absolute atomic E-state index is 5.90. The zero-order valence-electron chi connectivity index (χ0n) is 12.5. The van der Waals surface area contributed by atoms with Crippen molar-refractivity contribution in [2.45, 2.75) is 32.6 Å². The van der Waals surface area contributed by atoms with E-state index in [1.165, 1.54) is 11.1 Å². The van der Waals surface area contributed by atoms with Crippen molar-refractivity contribution in [2.75, 3.05) is 26.9 Å². The molecule has 0 bridgehead atoms. The molecular weight excluding hydrogens is 238 g/mol. The summed E-state index contributed by atoms with van der Waals surface area (Å²) < 4.78 is 11.1. The summed E-state index contributed by atoms with van der Waals surface area (Å²) in [5, 5.41) is 0. The minimum absolute atomic E-state index is 0.0558. The van der Waals surface area contributed by atoms with Crippen molar-refractivity contribution in [1.29, 1.82) is 0 Å². The van der Waals surface area contributed by atoms with Crippen LogP contribution in [0.25, 0.3) is 0 Å². The second-order valence-corrected chi connectivity index (χ2v) is 6.52. The van der Waals surface area contributed by atoms with Crippen LogP contribution in [0.1, 0.15) is 31.4 Å². The molecule has 0 aliphatic carbocycles. The molecular formula is C16H25NO2. The first-order valence-corrected chi connectivity index (χ1v) is 6.85. The number of hydrogen-bond acceptors (Lipinski definition) is 3. The highest BCUT2D eigenvalue weighted by atomic mass is 16.5. The monoisotopic (exact) mass is 263 g/mol. The van der Waals surface area contributed by atoms with Gasteiger partial charge in [-0.05, 0) is 31.4 Å². The molecule has 0 saturated carbocycles. The molecule has 0 amide bonds. The maximum Gasteiger partial charge on any atom is 0.122 e. The molecule has 3 nitrogen and oxygen atoms in total. The molecule has 1 aromatic rings. The fourth-order valence-electron chi connectivity index (χ4n) is 2.93. The highest BCUT2D eigenvalue weighted by Gasteiger charge is 2.45. The largest absolute Gasteiger partial charge is 0.496 e. The summed E-state index contributed by atoms with van der Waals surface area (Å²) >= 11 is 0. The summed E-state index contributed by atoms with van der Waals surface area (Å²) in [4.78, 5) is 0. The standard InChI is InChI=1S/C16H25NO2/c1-12-5-6-14(18-4)13(7-12)16(10-19-11-16)8-15(2,3)9-17/h5-7H,8-11,17H2,1-4H3. The van der Waals surface area contributed by atoms with Crippen LogP contribution < -0.4 is 10.5 Å². The number of rotatable bonds is 5. The van der Waals surface area contributed by atoms with Crippen molar-refractivity contribution in [3.05, 3.63) is 29.3 Å². The van der Waals surface area contributed by atoms with Gasteiger partial charge in [-0.1, -0.05) is 31.5 Å². The third-order valence-electron chi connectivity index (χ3n) is 4.05. The molecule has 0 unspecified atom stereocenters. The normalized spacial score (nSPS) is 17.9. The zero-order valence-corrected chi connectivity index (χ0v) is 12.5. The lowest BCUT2D eigenvalue weighted by molar-refractivity contribution is -0.0794. The van der Waals surface area contributed by atoms with Crippen molar-refractivity contribution in [1.82, 2.24) is 0 Å². The molecule has 1 saturated heterocycles. The quantitative estimate of drug-likeness (QED) is 0.888. The molecule has 1 heterocycles. The van der Waals surface area contributed by atoms with E-state index in [0.717, 1.165) is 25.4 Å².